The average molecular weight is 333 g/mol. The third-order valence-electron chi connectivity index (χ3n) is 3.03. The topological polar surface area (TPSA) is 115 Å². The molecule has 2 aromatic heterocycles. The van der Waals surface area contributed by atoms with Crippen LogP contribution in [0.15, 0.2) is 18.5 Å². The van der Waals surface area contributed by atoms with Crippen molar-refractivity contribution in [1.29, 1.82) is 0 Å². The second-order valence-electron chi connectivity index (χ2n) is 5.58. The molecule has 0 spiro atoms. The quantitative estimate of drug-likeness (QED) is 0.778. The van der Waals surface area contributed by atoms with Gasteiger partial charge in [0.2, 0.25) is 0 Å². The number of nitrogens with one attached hydrogen (secondary N) is 2. The van der Waals surface area contributed by atoms with Gasteiger partial charge >= 0.3 is 12.0 Å². The van der Waals surface area contributed by atoms with E-state index in [9.17, 15) is 14.4 Å². The highest BCUT2D eigenvalue weighted by Gasteiger charge is 2.20. The van der Waals surface area contributed by atoms with E-state index in [2.05, 4.69) is 20.7 Å². The summed E-state index contributed by atoms with van der Waals surface area (Å²) in [5.41, 5.74) is 0.969. The van der Waals surface area contributed by atoms with Crippen LogP contribution in [0, 0.1) is 12.8 Å². The van der Waals surface area contributed by atoms with Crippen LogP contribution in [0.4, 0.5) is 4.79 Å². The standard InChI is InChI=1S/C15H19N5O4/c1-9(2)7-17-15(23)18-11(21)8-24-14(22)12-10(3)19-20-6-4-5-16-13(12)20/h4-6,9H,7-8H2,1-3H3,(H2,17,18,21,23). The summed E-state index contributed by atoms with van der Waals surface area (Å²) in [4.78, 5) is 39.3. The fourth-order valence-electron chi connectivity index (χ4n) is 1.94. The van der Waals surface area contributed by atoms with Gasteiger partial charge in [0.1, 0.15) is 5.56 Å². The lowest BCUT2D eigenvalue weighted by Crippen LogP contribution is -2.42. The fraction of sp³-hybridized carbons (Fsp3) is 0.400. The Bertz CT molecular complexity index is 768. The maximum Gasteiger partial charge on any atom is 0.344 e. The Morgan fingerprint density at radius 2 is 2.08 bits per heavy atom. The lowest BCUT2D eigenvalue weighted by molar-refractivity contribution is -0.123. The van der Waals surface area contributed by atoms with Crippen LogP contribution in [0.5, 0.6) is 0 Å². The van der Waals surface area contributed by atoms with Crippen LogP contribution in [-0.2, 0) is 9.53 Å². The molecule has 0 aromatic carbocycles. The van der Waals surface area contributed by atoms with Crippen molar-refractivity contribution in [1.82, 2.24) is 25.2 Å². The van der Waals surface area contributed by atoms with Crippen molar-refractivity contribution >= 4 is 23.6 Å². The van der Waals surface area contributed by atoms with Gasteiger partial charge in [-0.05, 0) is 18.9 Å². The molecule has 0 saturated carbocycles. The molecule has 0 bridgehead atoms. The number of amides is 3. The molecule has 0 radical (unpaired) electrons. The van der Waals surface area contributed by atoms with Crippen LogP contribution < -0.4 is 10.6 Å². The molecule has 9 heteroatoms. The molecule has 24 heavy (non-hydrogen) atoms. The molecule has 0 atom stereocenters. The van der Waals surface area contributed by atoms with Gasteiger partial charge in [0.05, 0.1) is 5.69 Å². The van der Waals surface area contributed by atoms with Crippen LogP contribution >= 0.6 is 0 Å². The number of imide groups is 1. The molecule has 0 saturated heterocycles. The van der Waals surface area contributed by atoms with E-state index in [0.717, 1.165) is 0 Å². The summed E-state index contributed by atoms with van der Waals surface area (Å²) < 4.78 is 6.39. The predicted molar refractivity (Wildman–Crippen MR) is 84.4 cm³/mol. The van der Waals surface area contributed by atoms with Crippen molar-refractivity contribution in [3.8, 4) is 0 Å². The van der Waals surface area contributed by atoms with Gasteiger partial charge in [-0.2, -0.15) is 5.10 Å². The molecular weight excluding hydrogens is 314 g/mol. The summed E-state index contributed by atoms with van der Waals surface area (Å²) in [5, 5.41) is 8.75. The molecule has 0 fully saturated rings. The molecule has 3 amide bonds. The zero-order valence-corrected chi connectivity index (χ0v) is 13.7. The van der Waals surface area contributed by atoms with Crippen LogP contribution in [0.2, 0.25) is 0 Å². The van der Waals surface area contributed by atoms with E-state index < -0.39 is 24.5 Å². The zero-order chi connectivity index (χ0) is 17.7. The van der Waals surface area contributed by atoms with E-state index >= 15 is 0 Å². The first kappa shape index (κ1) is 17.4. The normalized spacial score (nSPS) is 10.7. The minimum Gasteiger partial charge on any atom is -0.452 e. The Labute approximate surface area is 138 Å². The molecule has 0 aliphatic carbocycles. The van der Waals surface area contributed by atoms with Crippen LogP contribution in [0.3, 0.4) is 0 Å². The minimum absolute atomic E-state index is 0.188. The second kappa shape index (κ2) is 7.53. The average Bonchev–Trinajstić information content (AvgIpc) is 2.86. The van der Waals surface area contributed by atoms with Crippen molar-refractivity contribution in [3.05, 3.63) is 29.7 Å². The van der Waals surface area contributed by atoms with E-state index in [1.807, 2.05) is 13.8 Å². The molecule has 0 aliphatic rings. The summed E-state index contributed by atoms with van der Waals surface area (Å²) in [6.45, 7) is 5.36. The number of fused-ring (bicyclic) bond motifs is 1. The SMILES string of the molecule is Cc1nn2cccnc2c1C(=O)OCC(=O)NC(=O)NCC(C)C. The lowest BCUT2D eigenvalue weighted by atomic mass is 10.2. The van der Waals surface area contributed by atoms with Gasteiger partial charge in [-0.25, -0.2) is 19.1 Å². The molecule has 2 aromatic rings. The van der Waals surface area contributed by atoms with Gasteiger partial charge in [-0.15, -0.1) is 0 Å². The minimum atomic E-state index is -0.723. The molecule has 0 unspecified atom stereocenters. The first-order chi connectivity index (χ1) is 11.4. The predicted octanol–water partition coefficient (Wildman–Crippen LogP) is 0.676. The Balaban J connectivity index is 1.92. The molecule has 9 nitrogen and oxygen atoms in total. The smallest absolute Gasteiger partial charge is 0.344 e. The summed E-state index contributed by atoms with van der Waals surface area (Å²) in [6.07, 6.45) is 3.18. The zero-order valence-electron chi connectivity index (χ0n) is 13.7. The van der Waals surface area contributed by atoms with Gasteiger partial charge < -0.3 is 10.1 Å². The number of aryl methyl sites for hydroxylation is 1. The Hall–Kier alpha value is -2.97. The van der Waals surface area contributed by atoms with Gasteiger partial charge in [-0.1, -0.05) is 13.8 Å². The van der Waals surface area contributed by atoms with E-state index in [-0.39, 0.29) is 11.5 Å². The number of carbonyl (C=O) groups excluding carboxylic acids is 3. The number of urea groups is 1. The molecule has 0 aliphatic heterocycles. The molecular formula is C15H19N5O4. The summed E-state index contributed by atoms with van der Waals surface area (Å²) >= 11 is 0. The highest BCUT2D eigenvalue weighted by atomic mass is 16.5. The van der Waals surface area contributed by atoms with Gasteiger partial charge in [-0.3, -0.25) is 10.1 Å². The lowest BCUT2D eigenvalue weighted by Gasteiger charge is -2.08. The number of aromatic nitrogens is 3. The number of ether oxygens (including phenoxy) is 1. The highest BCUT2D eigenvalue weighted by Crippen LogP contribution is 2.13. The van der Waals surface area contributed by atoms with Crippen molar-refractivity contribution < 1.29 is 19.1 Å². The molecule has 2 N–H and O–H groups in total. The van der Waals surface area contributed by atoms with E-state index in [1.165, 1.54) is 10.7 Å². The van der Waals surface area contributed by atoms with E-state index in [4.69, 9.17) is 4.74 Å². The second-order valence-corrected chi connectivity index (χ2v) is 5.58. The molecule has 2 rings (SSSR count). The Morgan fingerprint density at radius 1 is 1.33 bits per heavy atom. The fourth-order valence-corrected chi connectivity index (χ4v) is 1.94. The van der Waals surface area contributed by atoms with Gasteiger partial charge in [0, 0.05) is 18.9 Å². The summed E-state index contributed by atoms with van der Waals surface area (Å²) in [6, 6.07) is 1.05. The first-order valence-corrected chi connectivity index (χ1v) is 7.43. The van der Waals surface area contributed by atoms with Crippen molar-refractivity contribution in [3.63, 3.8) is 0 Å². The third kappa shape index (κ3) is 4.28. The number of hydrogen-bond donors (Lipinski definition) is 2. The first-order valence-electron chi connectivity index (χ1n) is 7.43. The third-order valence-corrected chi connectivity index (χ3v) is 3.03. The number of rotatable bonds is 5. The molecule has 128 valence electrons. The van der Waals surface area contributed by atoms with Crippen LogP contribution in [0.1, 0.15) is 29.9 Å². The number of hydrogen-bond acceptors (Lipinski definition) is 6. The van der Waals surface area contributed by atoms with Gasteiger partial charge in [0.15, 0.2) is 12.3 Å². The van der Waals surface area contributed by atoms with Gasteiger partial charge in [0.25, 0.3) is 5.91 Å². The largest absolute Gasteiger partial charge is 0.452 e. The Morgan fingerprint density at radius 3 is 2.79 bits per heavy atom. The maximum atomic E-state index is 12.1. The van der Waals surface area contributed by atoms with Crippen molar-refractivity contribution in [2.75, 3.05) is 13.2 Å². The molecule has 2 heterocycles. The number of nitrogens with zero attached hydrogens (tertiary/aromatic N) is 3. The van der Waals surface area contributed by atoms with Crippen molar-refractivity contribution in [2.24, 2.45) is 5.92 Å². The monoisotopic (exact) mass is 333 g/mol. The maximum absolute atomic E-state index is 12.1. The van der Waals surface area contributed by atoms with Crippen LogP contribution in [0.25, 0.3) is 5.65 Å². The number of carbonyl (C=O) groups is 3. The van der Waals surface area contributed by atoms with Crippen LogP contribution in [-0.4, -0.2) is 45.7 Å². The summed E-state index contributed by atoms with van der Waals surface area (Å²) in [7, 11) is 0. The Kier molecular flexibility index (Phi) is 5.46. The van der Waals surface area contributed by atoms with E-state index in [1.54, 1.807) is 19.2 Å². The highest BCUT2D eigenvalue weighted by molar-refractivity contribution is 5.99. The van der Waals surface area contributed by atoms with E-state index in [0.29, 0.717) is 17.9 Å². The number of esters is 1. The summed E-state index contributed by atoms with van der Waals surface area (Å²) in [5.74, 6) is -1.18. The van der Waals surface area contributed by atoms with Crippen molar-refractivity contribution in [2.45, 2.75) is 20.8 Å².